The minimum atomic E-state index is -0.0695. The van der Waals surface area contributed by atoms with E-state index in [0.29, 0.717) is 41.9 Å². The summed E-state index contributed by atoms with van der Waals surface area (Å²) >= 11 is 6.43. The van der Waals surface area contributed by atoms with Crippen molar-refractivity contribution in [3.8, 4) is 11.5 Å². The van der Waals surface area contributed by atoms with Gasteiger partial charge in [-0.15, -0.1) is 0 Å². The highest BCUT2D eigenvalue weighted by atomic mass is 35.5. The van der Waals surface area contributed by atoms with Crippen LogP contribution in [0.1, 0.15) is 45.1 Å². The first-order valence-electron chi connectivity index (χ1n) is 9.48. The zero-order valence-corrected chi connectivity index (χ0v) is 16.3. The van der Waals surface area contributed by atoms with Crippen LogP contribution in [0.2, 0.25) is 5.02 Å². The van der Waals surface area contributed by atoms with Crippen molar-refractivity contribution >= 4 is 11.6 Å². The van der Waals surface area contributed by atoms with Gasteiger partial charge in [-0.05, 0) is 76.1 Å². The van der Waals surface area contributed by atoms with Gasteiger partial charge in [0.25, 0.3) is 0 Å². The predicted octanol–water partition coefficient (Wildman–Crippen LogP) is 4.12. The Morgan fingerprint density at radius 3 is 2.32 bits per heavy atom. The van der Waals surface area contributed by atoms with E-state index in [-0.39, 0.29) is 6.10 Å². The van der Waals surface area contributed by atoms with Crippen LogP contribution < -0.4 is 9.47 Å². The van der Waals surface area contributed by atoms with E-state index in [1.54, 1.807) is 0 Å². The van der Waals surface area contributed by atoms with Crippen molar-refractivity contribution in [3.63, 3.8) is 0 Å². The Morgan fingerprint density at radius 2 is 1.72 bits per heavy atom. The number of rotatable bonds is 7. The summed E-state index contributed by atoms with van der Waals surface area (Å²) in [6.45, 7) is 5.91. The Hall–Kier alpha value is -0.970. The molecule has 2 unspecified atom stereocenters. The number of hydrogen-bond donors (Lipinski definition) is 1. The standard InChI is InChI=1S/C20H30ClNO3/c1-4-24-19-7-13(6-18(21)20(19)25-5-2)12-22(3)16-8-14-10-17(23)11-15(14)9-16/h6-7,14-17,23H,4-5,8-12H2,1-3H3/t14-,15+,16?,17?. The van der Waals surface area contributed by atoms with Crippen molar-refractivity contribution in [3.05, 3.63) is 22.7 Å². The third-order valence-electron chi connectivity index (χ3n) is 5.68. The van der Waals surface area contributed by atoms with Crippen molar-refractivity contribution in [2.75, 3.05) is 20.3 Å². The Bertz CT molecular complexity index is 581. The predicted molar refractivity (Wildman–Crippen MR) is 100 cm³/mol. The molecule has 140 valence electrons. The quantitative estimate of drug-likeness (QED) is 0.787. The molecule has 2 aliphatic carbocycles. The van der Waals surface area contributed by atoms with Crippen molar-refractivity contribution in [2.45, 2.75) is 58.2 Å². The average Bonchev–Trinajstić information content (AvgIpc) is 3.08. The molecular weight excluding hydrogens is 338 g/mol. The number of hydrogen-bond acceptors (Lipinski definition) is 4. The zero-order valence-electron chi connectivity index (χ0n) is 15.5. The molecule has 0 radical (unpaired) electrons. The van der Waals surface area contributed by atoms with Crippen LogP contribution in [0.5, 0.6) is 11.5 Å². The third-order valence-corrected chi connectivity index (χ3v) is 5.96. The van der Waals surface area contributed by atoms with E-state index >= 15 is 0 Å². The number of aliphatic hydroxyl groups excluding tert-OH is 1. The largest absolute Gasteiger partial charge is 0.490 e. The lowest BCUT2D eigenvalue weighted by atomic mass is 10.0. The number of ether oxygens (including phenoxy) is 2. The van der Waals surface area contributed by atoms with Gasteiger partial charge in [0.15, 0.2) is 11.5 Å². The highest BCUT2D eigenvalue weighted by molar-refractivity contribution is 6.32. The number of aliphatic hydroxyl groups is 1. The first kappa shape index (κ1) is 18.8. The van der Waals surface area contributed by atoms with Gasteiger partial charge in [0.1, 0.15) is 0 Å². The van der Waals surface area contributed by atoms with E-state index in [9.17, 15) is 5.11 Å². The molecule has 0 heterocycles. The molecule has 5 heteroatoms. The lowest BCUT2D eigenvalue weighted by Gasteiger charge is -2.26. The molecule has 0 aromatic heterocycles. The van der Waals surface area contributed by atoms with Gasteiger partial charge >= 0.3 is 0 Å². The molecule has 1 N–H and O–H groups in total. The molecular formula is C20H30ClNO3. The lowest BCUT2D eigenvalue weighted by Crippen LogP contribution is -2.29. The van der Waals surface area contributed by atoms with Crippen LogP contribution in [0.15, 0.2) is 12.1 Å². The minimum Gasteiger partial charge on any atom is -0.490 e. The van der Waals surface area contributed by atoms with Crippen molar-refractivity contribution < 1.29 is 14.6 Å². The normalized spacial score (nSPS) is 28.4. The highest BCUT2D eigenvalue weighted by Gasteiger charge is 2.42. The zero-order chi connectivity index (χ0) is 18.0. The fourth-order valence-corrected chi connectivity index (χ4v) is 4.88. The number of fused-ring (bicyclic) bond motifs is 1. The molecule has 3 rings (SSSR count). The molecule has 2 fully saturated rings. The Morgan fingerprint density at radius 1 is 1.08 bits per heavy atom. The Labute approximate surface area is 156 Å². The van der Waals surface area contributed by atoms with E-state index in [0.717, 1.165) is 30.7 Å². The molecule has 4 atom stereocenters. The van der Waals surface area contributed by atoms with E-state index < -0.39 is 0 Å². The maximum absolute atomic E-state index is 9.82. The van der Waals surface area contributed by atoms with Crippen LogP contribution >= 0.6 is 11.6 Å². The molecule has 2 saturated carbocycles. The summed E-state index contributed by atoms with van der Waals surface area (Å²) in [6.07, 6.45) is 4.29. The first-order chi connectivity index (χ1) is 12.0. The third kappa shape index (κ3) is 4.24. The maximum Gasteiger partial charge on any atom is 0.179 e. The van der Waals surface area contributed by atoms with E-state index in [4.69, 9.17) is 21.1 Å². The lowest BCUT2D eigenvalue weighted by molar-refractivity contribution is 0.158. The molecule has 0 bridgehead atoms. The first-order valence-corrected chi connectivity index (χ1v) is 9.85. The van der Waals surface area contributed by atoms with Gasteiger partial charge < -0.3 is 14.6 Å². The summed E-state index contributed by atoms with van der Waals surface area (Å²) in [5.74, 6) is 2.77. The molecule has 2 aliphatic rings. The molecule has 25 heavy (non-hydrogen) atoms. The van der Waals surface area contributed by atoms with Gasteiger partial charge in [0, 0.05) is 12.6 Å². The summed E-state index contributed by atoms with van der Waals surface area (Å²) in [6, 6.07) is 4.63. The minimum absolute atomic E-state index is 0.0695. The Balaban J connectivity index is 1.68. The highest BCUT2D eigenvalue weighted by Crippen LogP contribution is 2.46. The van der Waals surface area contributed by atoms with Crippen LogP contribution in [0, 0.1) is 11.8 Å². The molecule has 0 amide bonds. The summed E-state index contributed by atoms with van der Waals surface area (Å²) in [4.78, 5) is 2.42. The second-order valence-electron chi connectivity index (χ2n) is 7.46. The molecule has 0 spiro atoms. The van der Waals surface area contributed by atoms with Gasteiger partial charge in [0.2, 0.25) is 0 Å². The van der Waals surface area contributed by atoms with Crippen LogP contribution in [-0.4, -0.2) is 42.4 Å². The SMILES string of the molecule is CCOc1cc(CN(C)C2C[C@H]3CC(O)C[C@H]3C2)cc(Cl)c1OCC. The molecule has 1 aromatic carbocycles. The van der Waals surface area contributed by atoms with Crippen LogP contribution in [0.25, 0.3) is 0 Å². The molecule has 0 saturated heterocycles. The molecule has 4 nitrogen and oxygen atoms in total. The summed E-state index contributed by atoms with van der Waals surface area (Å²) in [7, 11) is 2.19. The van der Waals surface area contributed by atoms with Crippen LogP contribution in [-0.2, 0) is 6.54 Å². The molecule has 0 aliphatic heterocycles. The molecule has 1 aromatic rings. The van der Waals surface area contributed by atoms with Gasteiger partial charge in [0.05, 0.1) is 24.3 Å². The van der Waals surface area contributed by atoms with E-state index in [2.05, 4.69) is 18.0 Å². The van der Waals surface area contributed by atoms with E-state index in [1.807, 2.05) is 19.9 Å². The van der Waals surface area contributed by atoms with Gasteiger partial charge in [-0.2, -0.15) is 0 Å². The monoisotopic (exact) mass is 367 g/mol. The van der Waals surface area contributed by atoms with Gasteiger partial charge in [-0.3, -0.25) is 4.90 Å². The number of benzene rings is 1. The average molecular weight is 368 g/mol. The second-order valence-corrected chi connectivity index (χ2v) is 7.86. The number of nitrogens with zero attached hydrogens (tertiary/aromatic N) is 1. The second kappa shape index (κ2) is 8.15. The van der Waals surface area contributed by atoms with Gasteiger partial charge in [-0.25, -0.2) is 0 Å². The Kier molecular flexibility index (Phi) is 6.13. The van der Waals surface area contributed by atoms with Crippen LogP contribution in [0.4, 0.5) is 0 Å². The topological polar surface area (TPSA) is 41.9 Å². The van der Waals surface area contributed by atoms with Crippen LogP contribution in [0.3, 0.4) is 0 Å². The van der Waals surface area contributed by atoms with Crippen molar-refractivity contribution in [1.29, 1.82) is 0 Å². The van der Waals surface area contributed by atoms with Gasteiger partial charge in [-0.1, -0.05) is 11.6 Å². The summed E-state index contributed by atoms with van der Waals surface area (Å²) in [5, 5.41) is 10.4. The van der Waals surface area contributed by atoms with Crippen molar-refractivity contribution in [1.82, 2.24) is 4.90 Å². The number of halogens is 1. The van der Waals surface area contributed by atoms with E-state index in [1.165, 1.54) is 12.8 Å². The van der Waals surface area contributed by atoms with Crippen molar-refractivity contribution in [2.24, 2.45) is 11.8 Å². The fraction of sp³-hybridized carbons (Fsp3) is 0.700. The maximum atomic E-state index is 9.82. The summed E-state index contributed by atoms with van der Waals surface area (Å²) < 4.78 is 11.4. The fourth-order valence-electron chi connectivity index (χ4n) is 4.59. The summed E-state index contributed by atoms with van der Waals surface area (Å²) in [5.41, 5.74) is 1.15. The smallest absolute Gasteiger partial charge is 0.179 e.